The molecule has 0 radical (unpaired) electrons. The van der Waals surface area contributed by atoms with Crippen LogP contribution in [0.1, 0.15) is 19.0 Å². The van der Waals surface area contributed by atoms with Crippen molar-refractivity contribution < 1.29 is 14.3 Å². The molecule has 0 saturated carbocycles. The topological polar surface area (TPSA) is 54.9 Å². The molecule has 0 aliphatic carbocycles. The molecule has 0 unspecified atom stereocenters. The van der Waals surface area contributed by atoms with Gasteiger partial charge in [-0.2, -0.15) is 0 Å². The van der Waals surface area contributed by atoms with Gasteiger partial charge in [0.05, 0.1) is 18.9 Å². The first-order valence-electron chi connectivity index (χ1n) is 7.81. The second kappa shape index (κ2) is 9.07. The molecule has 2 heterocycles. The van der Waals surface area contributed by atoms with Crippen LogP contribution in [0.25, 0.3) is 0 Å². The van der Waals surface area contributed by atoms with Crippen molar-refractivity contribution in [3.05, 3.63) is 11.1 Å². The van der Waals surface area contributed by atoms with Crippen LogP contribution in [-0.4, -0.2) is 68.4 Å². The normalized spacial score (nSPS) is 15.9. The van der Waals surface area contributed by atoms with Gasteiger partial charge in [-0.15, -0.1) is 11.3 Å². The summed E-state index contributed by atoms with van der Waals surface area (Å²) in [6, 6.07) is 0. The Hall–Kier alpha value is -1.18. The first kappa shape index (κ1) is 17.2. The van der Waals surface area contributed by atoms with Crippen molar-refractivity contribution >= 4 is 22.4 Å². The Morgan fingerprint density at radius 2 is 2.09 bits per heavy atom. The van der Waals surface area contributed by atoms with Crippen molar-refractivity contribution in [2.24, 2.45) is 0 Å². The molecule has 6 nitrogen and oxygen atoms in total. The van der Waals surface area contributed by atoms with Gasteiger partial charge in [-0.05, 0) is 20.3 Å². The number of nitrogens with zero attached hydrogens (tertiary/aromatic N) is 3. The third-order valence-electron chi connectivity index (χ3n) is 3.53. The number of ether oxygens (including phenoxy) is 2. The molecule has 124 valence electrons. The summed E-state index contributed by atoms with van der Waals surface area (Å²) in [7, 11) is 0. The Bertz CT molecular complexity index is 467. The van der Waals surface area contributed by atoms with Gasteiger partial charge in [0, 0.05) is 38.2 Å². The van der Waals surface area contributed by atoms with Gasteiger partial charge in [0.25, 0.3) is 0 Å². The van der Waals surface area contributed by atoms with Crippen molar-refractivity contribution in [1.29, 1.82) is 0 Å². The molecule has 1 aromatic heterocycles. The summed E-state index contributed by atoms with van der Waals surface area (Å²) in [6.45, 7) is 9.07. The minimum atomic E-state index is 0.0636. The summed E-state index contributed by atoms with van der Waals surface area (Å²) in [5, 5.41) is 3.12. The highest BCUT2D eigenvalue weighted by molar-refractivity contribution is 7.13. The van der Waals surface area contributed by atoms with Gasteiger partial charge in [-0.3, -0.25) is 4.79 Å². The Balaban J connectivity index is 1.74. The molecule has 0 bridgehead atoms. The van der Waals surface area contributed by atoms with Crippen LogP contribution in [0.15, 0.2) is 5.38 Å². The maximum Gasteiger partial charge on any atom is 0.248 e. The standard InChI is InChI=1S/C15H25N3O3S/c1-3-20-9-10-21-11-14(19)17-5-4-6-18(8-7-17)15-16-13(2)12-22-15/h12H,3-11H2,1-2H3. The smallest absolute Gasteiger partial charge is 0.248 e. The van der Waals surface area contributed by atoms with E-state index in [1.54, 1.807) is 11.3 Å². The monoisotopic (exact) mass is 327 g/mol. The Labute approximate surface area is 136 Å². The molecule has 0 spiro atoms. The van der Waals surface area contributed by atoms with E-state index in [9.17, 15) is 4.79 Å². The zero-order chi connectivity index (χ0) is 15.8. The fourth-order valence-corrected chi connectivity index (χ4v) is 3.21. The van der Waals surface area contributed by atoms with Crippen molar-refractivity contribution in [3.63, 3.8) is 0 Å². The molecule has 1 fully saturated rings. The number of carbonyl (C=O) groups excluding carboxylic acids is 1. The van der Waals surface area contributed by atoms with Gasteiger partial charge in [0.2, 0.25) is 5.91 Å². The maximum absolute atomic E-state index is 12.2. The van der Waals surface area contributed by atoms with E-state index >= 15 is 0 Å². The lowest BCUT2D eigenvalue weighted by Gasteiger charge is -2.21. The second-order valence-electron chi connectivity index (χ2n) is 5.24. The highest BCUT2D eigenvalue weighted by atomic mass is 32.1. The van der Waals surface area contributed by atoms with Crippen LogP contribution in [0, 0.1) is 6.92 Å². The molecule has 22 heavy (non-hydrogen) atoms. The number of aryl methyl sites for hydroxylation is 1. The average molecular weight is 327 g/mol. The summed E-state index contributed by atoms with van der Waals surface area (Å²) in [5.41, 5.74) is 1.06. The summed E-state index contributed by atoms with van der Waals surface area (Å²) < 4.78 is 10.5. The van der Waals surface area contributed by atoms with E-state index in [0.717, 1.165) is 43.4 Å². The molecule has 0 aromatic carbocycles. The van der Waals surface area contributed by atoms with Gasteiger partial charge in [0.1, 0.15) is 6.61 Å². The highest BCUT2D eigenvalue weighted by Gasteiger charge is 2.20. The number of hydrogen-bond donors (Lipinski definition) is 0. The van der Waals surface area contributed by atoms with Gasteiger partial charge >= 0.3 is 0 Å². The molecule has 0 atom stereocenters. The van der Waals surface area contributed by atoms with Gasteiger partial charge in [-0.1, -0.05) is 0 Å². The van der Waals surface area contributed by atoms with E-state index in [4.69, 9.17) is 9.47 Å². The number of carbonyl (C=O) groups is 1. The molecule has 1 amide bonds. The number of amides is 1. The molecule has 1 aromatic rings. The summed E-state index contributed by atoms with van der Waals surface area (Å²) >= 11 is 1.67. The SMILES string of the molecule is CCOCCOCC(=O)N1CCCN(c2nc(C)cs2)CC1. The lowest BCUT2D eigenvalue weighted by atomic mass is 10.4. The van der Waals surface area contributed by atoms with Crippen LogP contribution in [0.5, 0.6) is 0 Å². The second-order valence-corrected chi connectivity index (χ2v) is 6.08. The fraction of sp³-hybridized carbons (Fsp3) is 0.733. The predicted octanol–water partition coefficient (Wildman–Crippen LogP) is 1.54. The third-order valence-corrected chi connectivity index (χ3v) is 4.55. The third kappa shape index (κ3) is 5.23. The van der Waals surface area contributed by atoms with Gasteiger partial charge in [0.15, 0.2) is 5.13 Å². The maximum atomic E-state index is 12.2. The summed E-state index contributed by atoms with van der Waals surface area (Å²) in [5.74, 6) is 0.0636. The van der Waals surface area contributed by atoms with Crippen LogP contribution in [0.2, 0.25) is 0 Å². The van der Waals surface area contributed by atoms with Gasteiger partial charge in [-0.25, -0.2) is 4.98 Å². The molecule has 1 aliphatic heterocycles. The lowest BCUT2D eigenvalue weighted by Crippen LogP contribution is -2.37. The van der Waals surface area contributed by atoms with Crippen molar-refractivity contribution in [2.75, 3.05) is 57.5 Å². The van der Waals surface area contributed by atoms with E-state index in [-0.39, 0.29) is 12.5 Å². The highest BCUT2D eigenvalue weighted by Crippen LogP contribution is 2.21. The van der Waals surface area contributed by atoms with Crippen LogP contribution in [0.3, 0.4) is 0 Å². The Kier molecular flexibility index (Phi) is 7.08. The first-order chi connectivity index (χ1) is 10.7. The quantitative estimate of drug-likeness (QED) is 0.711. The molecule has 1 aliphatic rings. The Morgan fingerprint density at radius 3 is 2.82 bits per heavy atom. The molecular formula is C15H25N3O3S. The molecule has 7 heteroatoms. The molecule has 2 rings (SSSR count). The van der Waals surface area contributed by atoms with Gasteiger partial charge < -0.3 is 19.3 Å². The average Bonchev–Trinajstić information content (AvgIpc) is 2.80. The molecule has 1 saturated heterocycles. The summed E-state index contributed by atoms with van der Waals surface area (Å²) in [6.07, 6.45) is 0.962. The minimum absolute atomic E-state index is 0.0636. The van der Waals surface area contributed by atoms with E-state index in [0.29, 0.717) is 19.8 Å². The largest absolute Gasteiger partial charge is 0.379 e. The van der Waals surface area contributed by atoms with E-state index in [1.165, 1.54) is 0 Å². The number of aromatic nitrogens is 1. The number of hydrogen-bond acceptors (Lipinski definition) is 6. The molecular weight excluding hydrogens is 302 g/mol. The van der Waals surface area contributed by atoms with Crippen LogP contribution < -0.4 is 4.90 Å². The Morgan fingerprint density at radius 1 is 1.27 bits per heavy atom. The zero-order valence-electron chi connectivity index (χ0n) is 13.4. The number of rotatable bonds is 7. The first-order valence-corrected chi connectivity index (χ1v) is 8.69. The van der Waals surface area contributed by atoms with E-state index in [2.05, 4.69) is 15.3 Å². The minimum Gasteiger partial charge on any atom is -0.379 e. The fourth-order valence-electron chi connectivity index (χ4n) is 2.36. The predicted molar refractivity (Wildman–Crippen MR) is 87.6 cm³/mol. The zero-order valence-corrected chi connectivity index (χ0v) is 14.2. The summed E-state index contributed by atoms with van der Waals surface area (Å²) in [4.78, 5) is 20.8. The van der Waals surface area contributed by atoms with Crippen molar-refractivity contribution in [2.45, 2.75) is 20.3 Å². The van der Waals surface area contributed by atoms with Crippen molar-refractivity contribution in [3.8, 4) is 0 Å². The van der Waals surface area contributed by atoms with Crippen molar-refractivity contribution in [1.82, 2.24) is 9.88 Å². The van der Waals surface area contributed by atoms with Crippen LogP contribution in [0.4, 0.5) is 5.13 Å². The van der Waals surface area contributed by atoms with E-state index < -0.39 is 0 Å². The van der Waals surface area contributed by atoms with E-state index in [1.807, 2.05) is 18.7 Å². The number of thiazole rings is 1. The number of anilines is 1. The molecule has 0 N–H and O–H groups in total. The lowest BCUT2D eigenvalue weighted by molar-refractivity contribution is -0.136. The van der Waals surface area contributed by atoms with Crippen LogP contribution >= 0.6 is 11.3 Å². The van der Waals surface area contributed by atoms with Crippen LogP contribution in [-0.2, 0) is 14.3 Å².